The molecule has 0 saturated carbocycles. The van der Waals surface area contributed by atoms with Gasteiger partial charge in [0.05, 0.1) is 12.4 Å². The summed E-state index contributed by atoms with van der Waals surface area (Å²) >= 11 is 0. The van der Waals surface area contributed by atoms with Crippen LogP contribution in [0.2, 0.25) is 0 Å². The van der Waals surface area contributed by atoms with Gasteiger partial charge in [0.2, 0.25) is 0 Å². The lowest BCUT2D eigenvalue weighted by Crippen LogP contribution is -2.29. The van der Waals surface area contributed by atoms with Gasteiger partial charge >= 0.3 is 0 Å². The largest absolute Gasteiger partial charge is 0.486 e. The molecule has 0 spiro atoms. The minimum absolute atomic E-state index is 0.307. The molecule has 1 heterocycles. The number of aromatic nitrogens is 2. The second-order valence-electron chi connectivity index (χ2n) is 4.40. The van der Waals surface area contributed by atoms with Gasteiger partial charge in [-0.15, -0.1) is 0 Å². The number of rotatable bonds is 6. The number of benzene rings is 1. The normalized spacial score (nSPS) is 10.3. The van der Waals surface area contributed by atoms with Gasteiger partial charge in [-0.2, -0.15) is 5.10 Å². The summed E-state index contributed by atoms with van der Waals surface area (Å²) in [5, 5.41) is 4.19. The molecule has 2 aromatic rings. The minimum atomic E-state index is -0.307. The van der Waals surface area contributed by atoms with Crippen LogP contribution in [0.3, 0.4) is 0 Å². The molecule has 1 aromatic heterocycles. The van der Waals surface area contributed by atoms with E-state index in [1.165, 1.54) is 0 Å². The van der Waals surface area contributed by atoms with E-state index in [0.29, 0.717) is 12.2 Å². The average molecular weight is 274 g/mol. The van der Waals surface area contributed by atoms with Crippen LogP contribution in [0.1, 0.15) is 29.3 Å². The van der Waals surface area contributed by atoms with E-state index in [2.05, 4.69) is 17.4 Å². The fourth-order valence-corrected chi connectivity index (χ4v) is 1.77. The number of nitrogen functional groups attached to an aromatic ring is 1. The maximum absolute atomic E-state index is 11.3. The zero-order chi connectivity index (χ0) is 14.4. The molecule has 0 bridgehead atoms. The zero-order valence-corrected chi connectivity index (χ0v) is 11.4. The van der Waals surface area contributed by atoms with Crippen molar-refractivity contribution in [3.05, 3.63) is 47.8 Å². The molecule has 3 N–H and O–H groups in total. The van der Waals surface area contributed by atoms with Crippen molar-refractivity contribution in [2.45, 2.75) is 26.5 Å². The molecule has 20 heavy (non-hydrogen) atoms. The number of carbonyl (C=O) groups is 1. The molecule has 0 radical (unpaired) electrons. The Kier molecular flexibility index (Phi) is 4.73. The van der Waals surface area contributed by atoms with Gasteiger partial charge in [0.15, 0.2) is 5.75 Å². The van der Waals surface area contributed by atoms with Gasteiger partial charge in [-0.3, -0.25) is 14.9 Å². The number of hydrogen-bond acceptors (Lipinski definition) is 4. The number of nitrogens with two attached hydrogens (primary N) is 1. The zero-order valence-electron chi connectivity index (χ0n) is 11.4. The van der Waals surface area contributed by atoms with E-state index in [1.807, 2.05) is 23.0 Å². The molecular weight excluding hydrogens is 256 g/mol. The number of amides is 1. The Hall–Kier alpha value is -2.34. The first-order valence-electron chi connectivity index (χ1n) is 6.48. The van der Waals surface area contributed by atoms with Crippen LogP contribution < -0.4 is 16.0 Å². The lowest BCUT2D eigenvalue weighted by Gasteiger charge is -2.05. The van der Waals surface area contributed by atoms with E-state index in [1.54, 1.807) is 18.3 Å². The molecule has 0 aliphatic rings. The van der Waals surface area contributed by atoms with Crippen molar-refractivity contribution in [3.63, 3.8) is 0 Å². The average Bonchev–Trinajstić information content (AvgIpc) is 2.93. The van der Waals surface area contributed by atoms with Crippen molar-refractivity contribution < 1.29 is 9.53 Å². The Morgan fingerprint density at radius 2 is 2.15 bits per heavy atom. The Bertz CT molecular complexity index is 563. The van der Waals surface area contributed by atoms with Crippen LogP contribution in [0.5, 0.6) is 5.75 Å². The summed E-state index contributed by atoms with van der Waals surface area (Å²) in [6, 6.07) is 7.09. The molecule has 2 rings (SSSR count). The molecule has 0 aliphatic carbocycles. The van der Waals surface area contributed by atoms with Gasteiger partial charge in [0, 0.05) is 12.1 Å². The predicted octanol–water partition coefficient (Wildman–Crippen LogP) is 1.48. The number of nitrogens with zero attached hydrogens (tertiary/aromatic N) is 2. The lowest BCUT2D eigenvalue weighted by atomic mass is 10.1. The second-order valence-corrected chi connectivity index (χ2v) is 4.40. The highest BCUT2D eigenvalue weighted by Crippen LogP contribution is 2.12. The van der Waals surface area contributed by atoms with Crippen molar-refractivity contribution in [3.8, 4) is 5.75 Å². The smallest absolute Gasteiger partial charge is 0.265 e. The fraction of sp³-hybridized carbons (Fsp3) is 0.286. The van der Waals surface area contributed by atoms with E-state index in [4.69, 9.17) is 10.6 Å². The van der Waals surface area contributed by atoms with Crippen LogP contribution in [0.4, 0.5) is 0 Å². The molecule has 1 aromatic carbocycles. The number of carbonyl (C=O) groups excluding carboxylic acids is 1. The monoisotopic (exact) mass is 274 g/mol. The Morgan fingerprint density at radius 1 is 1.40 bits per heavy atom. The molecule has 6 nitrogen and oxygen atoms in total. The Morgan fingerprint density at radius 3 is 2.80 bits per heavy atom. The fourth-order valence-electron chi connectivity index (χ4n) is 1.77. The molecule has 0 fully saturated rings. The number of nitrogens with one attached hydrogen (secondary N) is 1. The summed E-state index contributed by atoms with van der Waals surface area (Å²) < 4.78 is 7.49. The summed E-state index contributed by atoms with van der Waals surface area (Å²) in [5.74, 6) is 5.50. The summed E-state index contributed by atoms with van der Waals surface area (Å²) in [6.45, 7) is 3.41. The van der Waals surface area contributed by atoms with Gasteiger partial charge in [0.1, 0.15) is 6.61 Å². The van der Waals surface area contributed by atoms with Crippen molar-refractivity contribution in [1.29, 1.82) is 0 Å². The van der Waals surface area contributed by atoms with E-state index < -0.39 is 0 Å². The lowest BCUT2D eigenvalue weighted by molar-refractivity contribution is 0.0953. The molecule has 0 atom stereocenters. The van der Waals surface area contributed by atoms with E-state index in [9.17, 15) is 4.79 Å². The number of ether oxygens (including phenoxy) is 1. The Labute approximate surface area is 117 Å². The summed E-state index contributed by atoms with van der Waals surface area (Å²) in [7, 11) is 0. The van der Waals surface area contributed by atoms with Crippen LogP contribution in [0.15, 0.2) is 36.7 Å². The van der Waals surface area contributed by atoms with Crippen LogP contribution in [0, 0.1) is 0 Å². The first-order chi connectivity index (χ1) is 9.72. The third-order valence-electron chi connectivity index (χ3n) is 2.81. The van der Waals surface area contributed by atoms with E-state index >= 15 is 0 Å². The quantitative estimate of drug-likeness (QED) is 0.475. The summed E-state index contributed by atoms with van der Waals surface area (Å²) in [4.78, 5) is 11.3. The third-order valence-corrected chi connectivity index (χ3v) is 2.81. The standard InChI is InChI=1S/C14H18N4O2/c1-2-7-18-9-13(8-16-18)20-10-11-3-5-12(6-4-11)14(19)17-15/h3-6,8-9H,2,7,10,15H2,1H3,(H,17,19). The molecule has 106 valence electrons. The predicted molar refractivity (Wildman–Crippen MR) is 74.9 cm³/mol. The highest BCUT2D eigenvalue weighted by atomic mass is 16.5. The molecule has 6 heteroatoms. The number of hydrogen-bond donors (Lipinski definition) is 2. The summed E-state index contributed by atoms with van der Waals surface area (Å²) in [6.07, 6.45) is 4.61. The van der Waals surface area contributed by atoms with Crippen LogP contribution >= 0.6 is 0 Å². The SMILES string of the molecule is CCCn1cc(OCc2ccc(C(=O)NN)cc2)cn1. The second kappa shape index (κ2) is 6.72. The highest BCUT2D eigenvalue weighted by molar-refractivity contribution is 5.93. The molecular formula is C14H18N4O2. The highest BCUT2D eigenvalue weighted by Gasteiger charge is 2.04. The van der Waals surface area contributed by atoms with Gasteiger partial charge in [-0.05, 0) is 24.1 Å². The number of aryl methyl sites for hydroxylation is 1. The van der Waals surface area contributed by atoms with E-state index in [0.717, 1.165) is 24.3 Å². The molecule has 0 saturated heterocycles. The minimum Gasteiger partial charge on any atom is -0.486 e. The third kappa shape index (κ3) is 3.58. The first kappa shape index (κ1) is 14.1. The van der Waals surface area contributed by atoms with Crippen molar-refractivity contribution >= 4 is 5.91 Å². The van der Waals surface area contributed by atoms with Gasteiger partial charge in [0.25, 0.3) is 5.91 Å². The van der Waals surface area contributed by atoms with Crippen molar-refractivity contribution in [2.24, 2.45) is 5.84 Å². The molecule has 0 unspecified atom stereocenters. The molecule has 1 amide bonds. The van der Waals surface area contributed by atoms with Gasteiger partial charge in [-0.25, -0.2) is 5.84 Å². The maximum Gasteiger partial charge on any atom is 0.265 e. The summed E-state index contributed by atoms with van der Waals surface area (Å²) in [5.41, 5.74) is 3.59. The van der Waals surface area contributed by atoms with Crippen LogP contribution in [-0.2, 0) is 13.2 Å². The molecule has 0 aliphatic heterocycles. The maximum atomic E-state index is 11.3. The number of hydrazine groups is 1. The van der Waals surface area contributed by atoms with Gasteiger partial charge in [-0.1, -0.05) is 19.1 Å². The topological polar surface area (TPSA) is 82.2 Å². The van der Waals surface area contributed by atoms with Crippen LogP contribution in [0.25, 0.3) is 0 Å². The van der Waals surface area contributed by atoms with Crippen molar-refractivity contribution in [1.82, 2.24) is 15.2 Å². The van der Waals surface area contributed by atoms with Gasteiger partial charge < -0.3 is 4.74 Å². The van der Waals surface area contributed by atoms with Crippen molar-refractivity contribution in [2.75, 3.05) is 0 Å². The first-order valence-corrected chi connectivity index (χ1v) is 6.48. The van der Waals surface area contributed by atoms with Crippen LogP contribution in [-0.4, -0.2) is 15.7 Å². The Balaban J connectivity index is 1.91. The van der Waals surface area contributed by atoms with E-state index in [-0.39, 0.29) is 5.91 Å².